The van der Waals surface area contributed by atoms with Crippen LogP contribution in [-0.2, 0) is 4.79 Å². The van der Waals surface area contributed by atoms with E-state index in [2.05, 4.69) is 26.8 Å². The smallest absolute Gasteiger partial charge is 0.178 e. The number of allylic oxidation sites excluding steroid dienone is 4. The highest BCUT2D eigenvalue weighted by atomic mass is 16.3. The van der Waals surface area contributed by atoms with E-state index in [1.807, 2.05) is 12.2 Å². The molecule has 3 fully saturated rings. The van der Waals surface area contributed by atoms with E-state index in [9.17, 15) is 9.90 Å². The van der Waals surface area contributed by atoms with Gasteiger partial charge in [0.15, 0.2) is 5.78 Å². The molecule has 0 aromatic rings. The van der Waals surface area contributed by atoms with Gasteiger partial charge >= 0.3 is 0 Å². The molecular weight excluding hydrogens is 296 g/mol. The van der Waals surface area contributed by atoms with Gasteiger partial charge in [0.25, 0.3) is 0 Å². The quantitative estimate of drug-likeness (QED) is 0.808. The summed E-state index contributed by atoms with van der Waals surface area (Å²) in [4.78, 5) is 11.8. The van der Waals surface area contributed by atoms with Gasteiger partial charge in [0, 0.05) is 12.0 Å². The van der Waals surface area contributed by atoms with Gasteiger partial charge in [0.2, 0.25) is 0 Å². The first-order valence-electron chi connectivity index (χ1n) is 9.95. The number of hydrogen-bond donors (Lipinski definition) is 1. The highest BCUT2D eigenvalue weighted by molar-refractivity contribution is 6.01. The van der Waals surface area contributed by atoms with Crippen LogP contribution < -0.4 is 0 Å². The van der Waals surface area contributed by atoms with Crippen LogP contribution >= 0.6 is 0 Å². The molecule has 132 valence electrons. The molecular formula is C22H32O2. The van der Waals surface area contributed by atoms with Crippen LogP contribution in [0.3, 0.4) is 0 Å². The second kappa shape index (κ2) is 5.56. The maximum Gasteiger partial charge on any atom is 0.178 e. The van der Waals surface area contributed by atoms with Crippen LogP contribution in [0.4, 0.5) is 0 Å². The van der Waals surface area contributed by atoms with Crippen molar-refractivity contribution < 1.29 is 9.90 Å². The van der Waals surface area contributed by atoms with Crippen molar-refractivity contribution in [2.45, 2.75) is 59.3 Å². The minimum atomic E-state index is 0.110. The first-order valence-corrected chi connectivity index (χ1v) is 9.95. The zero-order valence-electron chi connectivity index (χ0n) is 15.4. The summed E-state index contributed by atoms with van der Waals surface area (Å²) in [7, 11) is 0. The number of carbonyl (C=O) groups is 1. The molecule has 0 unspecified atom stereocenters. The molecule has 0 spiro atoms. The minimum Gasteiger partial charge on any atom is -0.396 e. The van der Waals surface area contributed by atoms with Gasteiger partial charge in [0.05, 0.1) is 0 Å². The summed E-state index contributed by atoms with van der Waals surface area (Å²) >= 11 is 0. The molecule has 0 saturated heterocycles. The maximum atomic E-state index is 11.8. The van der Waals surface area contributed by atoms with Crippen molar-refractivity contribution in [1.82, 2.24) is 0 Å². The van der Waals surface area contributed by atoms with Gasteiger partial charge in [0.1, 0.15) is 0 Å². The summed E-state index contributed by atoms with van der Waals surface area (Å²) in [6, 6.07) is 0. The Morgan fingerprint density at radius 3 is 2.75 bits per heavy atom. The van der Waals surface area contributed by atoms with Crippen LogP contribution in [0.15, 0.2) is 23.8 Å². The molecule has 4 rings (SSSR count). The Hall–Kier alpha value is -0.890. The predicted molar refractivity (Wildman–Crippen MR) is 96.4 cm³/mol. The number of aliphatic hydroxyl groups is 1. The molecule has 0 bridgehead atoms. The summed E-state index contributed by atoms with van der Waals surface area (Å²) < 4.78 is 0. The molecule has 0 radical (unpaired) electrons. The van der Waals surface area contributed by atoms with Crippen molar-refractivity contribution >= 4 is 5.78 Å². The SMILES string of the molecule is C[C@H](CO)[C@@H]1CC[C@@H]2[C@H]3CCC4=CC(=O)C=C[C@]4(C)[C@@H]3CC[C@@]21C. The van der Waals surface area contributed by atoms with Crippen molar-refractivity contribution in [3.63, 3.8) is 0 Å². The third-order valence-electron chi connectivity index (χ3n) is 8.60. The maximum absolute atomic E-state index is 11.8. The fourth-order valence-electron chi connectivity index (χ4n) is 7.30. The van der Waals surface area contributed by atoms with Crippen molar-refractivity contribution in [3.05, 3.63) is 23.8 Å². The lowest BCUT2D eigenvalue weighted by Gasteiger charge is -2.57. The monoisotopic (exact) mass is 328 g/mol. The Morgan fingerprint density at radius 1 is 1.21 bits per heavy atom. The van der Waals surface area contributed by atoms with E-state index in [1.165, 1.54) is 37.7 Å². The second-order valence-electron chi connectivity index (χ2n) is 9.49. The fraction of sp³-hybridized carbons (Fsp3) is 0.773. The second-order valence-corrected chi connectivity index (χ2v) is 9.49. The minimum absolute atomic E-state index is 0.110. The van der Waals surface area contributed by atoms with Gasteiger partial charge in [-0.05, 0) is 85.7 Å². The predicted octanol–water partition coefficient (Wildman–Crippen LogP) is 4.54. The Morgan fingerprint density at radius 2 is 2.00 bits per heavy atom. The lowest BCUT2D eigenvalue weighted by atomic mass is 9.47. The lowest BCUT2D eigenvalue weighted by Crippen LogP contribution is -2.50. The molecule has 0 amide bonds. The van der Waals surface area contributed by atoms with Crippen LogP contribution in [0.1, 0.15) is 59.3 Å². The molecule has 0 aromatic heterocycles. The van der Waals surface area contributed by atoms with Crippen molar-refractivity contribution in [2.24, 2.45) is 40.4 Å². The summed E-state index contributed by atoms with van der Waals surface area (Å²) in [6.45, 7) is 7.47. The van der Waals surface area contributed by atoms with E-state index in [4.69, 9.17) is 0 Å². The van der Waals surface area contributed by atoms with Gasteiger partial charge in [-0.1, -0.05) is 32.4 Å². The number of ketones is 1. The van der Waals surface area contributed by atoms with Crippen LogP contribution in [0, 0.1) is 40.4 Å². The topological polar surface area (TPSA) is 37.3 Å². The van der Waals surface area contributed by atoms with E-state index in [1.54, 1.807) is 0 Å². The van der Waals surface area contributed by atoms with E-state index >= 15 is 0 Å². The molecule has 3 saturated carbocycles. The first kappa shape index (κ1) is 16.6. The van der Waals surface area contributed by atoms with Gasteiger partial charge in [-0.15, -0.1) is 0 Å². The lowest BCUT2D eigenvalue weighted by molar-refractivity contribution is -0.111. The molecule has 0 aliphatic heterocycles. The highest BCUT2D eigenvalue weighted by Crippen LogP contribution is 2.66. The fourth-order valence-corrected chi connectivity index (χ4v) is 7.30. The van der Waals surface area contributed by atoms with E-state index in [-0.39, 0.29) is 11.2 Å². The molecule has 7 atom stereocenters. The molecule has 1 N–H and O–H groups in total. The van der Waals surface area contributed by atoms with E-state index < -0.39 is 0 Å². The number of aliphatic hydroxyl groups excluding tert-OH is 1. The average Bonchev–Trinajstić information content (AvgIpc) is 2.92. The highest BCUT2D eigenvalue weighted by Gasteiger charge is 2.58. The largest absolute Gasteiger partial charge is 0.396 e. The normalized spacial score (nSPS) is 48.3. The Labute approximate surface area is 146 Å². The van der Waals surface area contributed by atoms with Crippen molar-refractivity contribution in [2.75, 3.05) is 6.61 Å². The molecule has 0 aromatic carbocycles. The Kier molecular flexibility index (Phi) is 3.84. The van der Waals surface area contributed by atoms with Gasteiger partial charge in [-0.2, -0.15) is 0 Å². The van der Waals surface area contributed by atoms with Gasteiger partial charge < -0.3 is 5.11 Å². The summed E-state index contributed by atoms with van der Waals surface area (Å²) in [5, 5.41) is 9.70. The standard InChI is InChI=1S/C22H32O2/c1-14(13-23)18-6-7-19-17-5-4-15-12-16(24)8-10-21(15,2)20(17)9-11-22(18,19)3/h8,10,12,14,17-20,23H,4-7,9,11,13H2,1-3H3/t14-,17-,18+,19-,20-,21+,22-/m1/s1. The van der Waals surface area contributed by atoms with E-state index in [0.717, 1.165) is 18.3 Å². The first-order chi connectivity index (χ1) is 11.4. The zero-order valence-corrected chi connectivity index (χ0v) is 15.4. The number of fused-ring (bicyclic) bond motifs is 5. The third-order valence-corrected chi connectivity index (χ3v) is 8.60. The van der Waals surface area contributed by atoms with Crippen LogP contribution in [-0.4, -0.2) is 17.5 Å². The average molecular weight is 328 g/mol. The van der Waals surface area contributed by atoms with Crippen molar-refractivity contribution in [1.29, 1.82) is 0 Å². The Bertz CT molecular complexity index is 603. The molecule has 4 aliphatic rings. The van der Waals surface area contributed by atoms with Gasteiger partial charge in [-0.3, -0.25) is 4.79 Å². The van der Waals surface area contributed by atoms with E-state index in [0.29, 0.717) is 29.8 Å². The molecule has 2 heteroatoms. The zero-order chi connectivity index (χ0) is 17.1. The Balaban J connectivity index is 1.65. The number of carbonyl (C=O) groups excluding carboxylic acids is 1. The summed E-state index contributed by atoms with van der Waals surface area (Å²) in [5.41, 5.74) is 1.91. The number of rotatable bonds is 2. The molecule has 2 nitrogen and oxygen atoms in total. The third kappa shape index (κ3) is 2.14. The summed E-state index contributed by atoms with van der Waals surface area (Å²) in [6.07, 6.45) is 13.5. The van der Waals surface area contributed by atoms with Crippen LogP contribution in [0.2, 0.25) is 0 Å². The van der Waals surface area contributed by atoms with Crippen molar-refractivity contribution in [3.8, 4) is 0 Å². The molecule has 24 heavy (non-hydrogen) atoms. The molecule has 4 aliphatic carbocycles. The molecule has 0 heterocycles. The number of hydrogen-bond acceptors (Lipinski definition) is 2. The van der Waals surface area contributed by atoms with Crippen LogP contribution in [0.25, 0.3) is 0 Å². The van der Waals surface area contributed by atoms with Crippen LogP contribution in [0.5, 0.6) is 0 Å². The van der Waals surface area contributed by atoms with Gasteiger partial charge in [-0.25, -0.2) is 0 Å². The summed E-state index contributed by atoms with van der Waals surface area (Å²) in [5.74, 6) is 3.58.